The van der Waals surface area contributed by atoms with Gasteiger partial charge in [0.05, 0.1) is 11.3 Å². The fourth-order valence-electron chi connectivity index (χ4n) is 2.73. The van der Waals surface area contributed by atoms with Crippen molar-refractivity contribution in [2.75, 3.05) is 11.1 Å². The fraction of sp³-hybridized carbons (Fsp3) is 0.238. The molecule has 1 unspecified atom stereocenters. The van der Waals surface area contributed by atoms with Crippen molar-refractivity contribution in [3.63, 3.8) is 0 Å². The van der Waals surface area contributed by atoms with Crippen molar-refractivity contribution in [1.82, 2.24) is 14.8 Å². The largest absolute Gasteiger partial charge is 0.482 e. The third kappa shape index (κ3) is 5.09. The van der Waals surface area contributed by atoms with Gasteiger partial charge in [-0.2, -0.15) is 5.26 Å². The first-order chi connectivity index (χ1) is 14.5. The Hall–Kier alpha value is -3.09. The predicted octanol–water partition coefficient (Wildman–Crippen LogP) is 4.58. The van der Waals surface area contributed by atoms with E-state index in [1.54, 1.807) is 17.5 Å². The van der Waals surface area contributed by atoms with Crippen LogP contribution in [0.2, 0.25) is 0 Å². The molecule has 7 nitrogen and oxygen atoms in total. The molecule has 1 aromatic carbocycles. The number of benzene rings is 1. The number of anilines is 1. The highest BCUT2D eigenvalue weighted by molar-refractivity contribution is 7.99. The van der Waals surface area contributed by atoms with Crippen LogP contribution < -0.4 is 10.1 Å². The molecule has 0 aliphatic carbocycles. The number of hydrogen-bond acceptors (Lipinski definition) is 7. The molecule has 0 fully saturated rings. The Bertz CT molecular complexity index is 1080. The zero-order chi connectivity index (χ0) is 21.5. The minimum absolute atomic E-state index is 0.144. The third-order valence-electron chi connectivity index (χ3n) is 4.19. The minimum Gasteiger partial charge on any atom is -0.482 e. The van der Waals surface area contributed by atoms with Crippen molar-refractivity contribution in [1.29, 1.82) is 5.26 Å². The molecular weight excluding hydrogens is 418 g/mol. The zero-order valence-electron chi connectivity index (χ0n) is 16.7. The summed E-state index contributed by atoms with van der Waals surface area (Å²) in [6.07, 6.45) is 1.42. The van der Waals surface area contributed by atoms with Crippen molar-refractivity contribution < 1.29 is 9.53 Å². The summed E-state index contributed by atoms with van der Waals surface area (Å²) < 4.78 is 7.97. The topological polar surface area (TPSA) is 92.8 Å². The van der Waals surface area contributed by atoms with Crippen LogP contribution in [0.3, 0.4) is 0 Å². The number of nitriles is 1. The highest BCUT2D eigenvalue weighted by atomic mass is 32.2. The number of ether oxygens (including phenoxy) is 1. The van der Waals surface area contributed by atoms with Gasteiger partial charge < -0.3 is 10.1 Å². The van der Waals surface area contributed by atoms with Gasteiger partial charge in [0.15, 0.2) is 17.1 Å². The van der Waals surface area contributed by atoms with E-state index in [2.05, 4.69) is 28.2 Å². The number of carbonyl (C=O) groups excluding carboxylic acids is 1. The summed E-state index contributed by atoms with van der Waals surface area (Å²) in [5.74, 6) is 1.38. The first-order valence-electron chi connectivity index (χ1n) is 9.20. The number of nitrogens with one attached hydrogen (secondary N) is 1. The Labute approximate surface area is 183 Å². The summed E-state index contributed by atoms with van der Waals surface area (Å²) >= 11 is 2.59. The molecule has 30 heavy (non-hydrogen) atoms. The zero-order valence-corrected chi connectivity index (χ0v) is 18.3. The Kier molecular flexibility index (Phi) is 7.27. The number of thioether (sulfide) groups is 1. The smallest absolute Gasteiger partial charge is 0.235 e. The summed E-state index contributed by atoms with van der Waals surface area (Å²) in [5.41, 5.74) is 1.49. The van der Waals surface area contributed by atoms with Crippen LogP contribution in [0.4, 0.5) is 5.00 Å². The molecular formula is C21H21N5O2S2. The maximum atomic E-state index is 12.3. The van der Waals surface area contributed by atoms with Crippen LogP contribution in [0.15, 0.2) is 53.5 Å². The van der Waals surface area contributed by atoms with Gasteiger partial charge in [-0.05, 0) is 36.9 Å². The number of thiophene rings is 1. The van der Waals surface area contributed by atoms with E-state index < -0.39 is 0 Å². The lowest BCUT2D eigenvalue weighted by atomic mass is 10.2. The van der Waals surface area contributed by atoms with Gasteiger partial charge in [-0.15, -0.1) is 28.1 Å². The van der Waals surface area contributed by atoms with Crippen LogP contribution in [0, 0.1) is 18.3 Å². The second-order valence-electron chi connectivity index (χ2n) is 6.38. The van der Waals surface area contributed by atoms with Gasteiger partial charge in [-0.25, -0.2) is 0 Å². The van der Waals surface area contributed by atoms with Crippen molar-refractivity contribution >= 4 is 34.0 Å². The van der Waals surface area contributed by atoms with E-state index in [9.17, 15) is 4.79 Å². The molecule has 0 saturated carbocycles. The fourth-order valence-corrected chi connectivity index (χ4v) is 4.24. The van der Waals surface area contributed by atoms with Gasteiger partial charge in [-0.1, -0.05) is 36.0 Å². The molecule has 3 rings (SSSR count). The average molecular weight is 440 g/mol. The first-order valence-corrected chi connectivity index (χ1v) is 11.1. The van der Waals surface area contributed by atoms with Crippen molar-refractivity contribution in [2.24, 2.45) is 0 Å². The number of allylic oxidation sites excluding steroid dienone is 1. The predicted molar refractivity (Wildman–Crippen MR) is 119 cm³/mol. The monoisotopic (exact) mass is 439 g/mol. The first kappa shape index (κ1) is 21.6. The number of rotatable bonds is 9. The standard InChI is InChI=1S/C21H21N5O2S2/c1-4-10-26-19(15(3)28-17-8-6-5-7-14(17)2)24-25-21(26)30-13-18(27)23-20-16(12-22)9-11-29-20/h4-9,11,15H,1,10,13H2,2-3H3,(H,23,27). The molecule has 0 bridgehead atoms. The van der Waals surface area contributed by atoms with E-state index in [1.165, 1.54) is 23.1 Å². The second kappa shape index (κ2) is 10.1. The molecule has 9 heteroatoms. The highest BCUT2D eigenvalue weighted by Crippen LogP contribution is 2.27. The van der Waals surface area contributed by atoms with Crippen LogP contribution in [0.25, 0.3) is 0 Å². The van der Waals surface area contributed by atoms with Gasteiger partial charge in [0, 0.05) is 6.54 Å². The molecule has 0 aliphatic heterocycles. The van der Waals surface area contributed by atoms with Gasteiger partial charge in [-0.3, -0.25) is 9.36 Å². The number of nitrogens with zero attached hydrogens (tertiary/aromatic N) is 4. The lowest BCUT2D eigenvalue weighted by Gasteiger charge is -2.17. The molecule has 154 valence electrons. The molecule has 1 atom stereocenters. The number of amides is 1. The Morgan fingerprint density at radius 1 is 1.43 bits per heavy atom. The summed E-state index contributed by atoms with van der Waals surface area (Å²) in [4.78, 5) is 12.3. The number of carbonyl (C=O) groups is 1. The van der Waals surface area contributed by atoms with Crippen LogP contribution in [-0.4, -0.2) is 26.4 Å². The lowest BCUT2D eigenvalue weighted by Crippen LogP contribution is -2.15. The number of hydrogen-bond donors (Lipinski definition) is 1. The van der Waals surface area contributed by atoms with E-state index in [0.29, 0.717) is 28.1 Å². The van der Waals surface area contributed by atoms with Gasteiger partial charge in [0.25, 0.3) is 0 Å². The molecule has 0 radical (unpaired) electrons. The quantitative estimate of drug-likeness (QED) is 0.388. The summed E-state index contributed by atoms with van der Waals surface area (Å²) in [5, 5.41) is 23.3. The third-order valence-corrected chi connectivity index (χ3v) is 5.99. The summed E-state index contributed by atoms with van der Waals surface area (Å²) in [7, 11) is 0. The van der Waals surface area contributed by atoms with E-state index in [-0.39, 0.29) is 17.8 Å². The van der Waals surface area contributed by atoms with Crippen LogP contribution in [0.5, 0.6) is 5.75 Å². The Morgan fingerprint density at radius 3 is 2.97 bits per heavy atom. The van der Waals surface area contributed by atoms with Crippen molar-refractivity contribution in [3.8, 4) is 11.8 Å². The minimum atomic E-state index is -0.328. The molecule has 2 aromatic heterocycles. The van der Waals surface area contributed by atoms with Gasteiger partial charge in [0.2, 0.25) is 5.91 Å². The van der Waals surface area contributed by atoms with E-state index in [1.807, 2.05) is 42.7 Å². The van der Waals surface area contributed by atoms with Crippen molar-refractivity contribution in [3.05, 3.63) is 65.3 Å². The van der Waals surface area contributed by atoms with Crippen LogP contribution in [-0.2, 0) is 11.3 Å². The number of aryl methyl sites for hydroxylation is 1. The molecule has 1 amide bonds. The molecule has 0 spiro atoms. The van der Waals surface area contributed by atoms with Gasteiger partial charge in [0.1, 0.15) is 16.8 Å². The normalized spacial score (nSPS) is 11.5. The van der Waals surface area contributed by atoms with E-state index in [0.717, 1.165) is 11.3 Å². The van der Waals surface area contributed by atoms with Crippen LogP contribution in [0.1, 0.15) is 30.0 Å². The van der Waals surface area contributed by atoms with Gasteiger partial charge >= 0.3 is 0 Å². The summed E-state index contributed by atoms with van der Waals surface area (Å²) in [6, 6.07) is 11.5. The van der Waals surface area contributed by atoms with E-state index >= 15 is 0 Å². The Balaban J connectivity index is 1.69. The SMILES string of the molecule is C=CCn1c(SCC(=O)Nc2sccc2C#N)nnc1C(C)Oc1ccccc1C. The molecule has 0 saturated heterocycles. The van der Waals surface area contributed by atoms with E-state index in [4.69, 9.17) is 10.00 Å². The average Bonchev–Trinajstić information content (AvgIpc) is 3.35. The number of para-hydroxylation sites is 1. The molecule has 2 heterocycles. The molecule has 1 N–H and O–H groups in total. The summed E-state index contributed by atoms with van der Waals surface area (Å²) in [6.45, 7) is 8.20. The maximum absolute atomic E-state index is 12.3. The van der Waals surface area contributed by atoms with Crippen LogP contribution >= 0.6 is 23.1 Å². The second-order valence-corrected chi connectivity index (χ2v) is 8.24. The lowest BCUT2D eigenvalue weighted by molar-refractivity contribution is -0.113. The van der Waals surface area contributed by atoms with Crippen molar-refractivity contribution in [2.45, 2.75) is 31.7 Å². The molecule has 0 aliphatic rings. The maximum Gasteiger partial charge on any atom is 0.235 e. The number of aromatic nitrogens is 3. The highest BCUT2D eigenvalue weighted by Gasteiger charge is 2.20. The Morgan fingerprint density at radius 2 is 2.23 bits per heavy atom. The molecule has 3 aromatic rings.